The van der Waals surface area contributed by atoms with Crippen LogP contribution >= 0.6 is 22.7 Å². The molecule has 0 spiro atoms. The lowest BCUT2D eigenvalue weighted by Crippen LogP contribution is -2.29. The number of hydrogen-bond donors (Lipinski definition) is 1. The fourth-order valence-electron chi connectivity index (χ4n) is 3.13. The molecule has 1 saturated heterocycles. The minimum absolute atomic E-state index is 0.412. The average molecular weight is 396 g/mol. The number of benzene rings is 1. The van der Waals surface area contributed by atoms with Gasteiger partial charge in [0.2, 0.25) is 0 Å². The van der Waals surface area contributed by atoms with Crippen molar-refractivity contribution in [3.05, 3.63) is 40.8 Å². The first-order chi connectivity index (χ1) is 12.5. The highest BCUT2D eigenvalue weighted by Gasteiger charge is 2.21. The van der Waals surface area contributed by atoms with Gasteiger partial charge in [0.1, 0.15) is 4.01 Å². The number of thiophene rings is 1. The number of hydrogen-bond acceptors (Lipinski definition) is 6. The summed E-state index contributed by atoms with van der Waals surface area (Å²) < 4.78 is 27.6. The molecule has 0 bridgehead atoms. The largest absolute Gasteiger partial charge is 0.369 e. The van der Waals surface area contributed by atoms with E-state index in [2.05, 4.69) is 4.90 Å². The number of aliphatic hydroxyl groups excluding tert-OH is 1. The van der Waals surface area contributed by atoms with Crippen molar-refractivity contribution < 1.29 is 13.9 Å². The highest BCUT2D eigenvalue weighted by Crippen LogP contribution is 2.39. The van der Waals surface area contributed by atoms with Crippen LogP contribution < -0.4 is 9.80 Å². The van der Waals surface area contributed by atoms with Crippen LogP contribution in [0.1, 0.15) is 30.4 Å². The number of anilines is 2. The molecule has 1 N–H and O–H groups in total. The SMILES string of the molecule is CN(c1ccc(F)c(F)c1)C(O)c1cc2nc(N3CCCCC3)sc2s1. The Bertz CT molecular complexity index is 889. The zero-order valence-electron chi connectivity index (χ0n) is 14.3. The molecule has 2 aromatic heterocycles. The van der Waals surface area contributed by atoms with Crippen molar-refractivity contribution in [3.63, 3.8) is 0 Å². The monoisotopic (exact) mass is 395 g/mol. The molecule has 1 unspecified atom stereocenters. The molecule has 4 nitrogen and oxygen atoms in total. The second-order valence-corrected chi connectivity index (χ2v) is 8.77. The zero-order valence-corrected chi connectivity index (χ0v) is 15.9. The highest BCUT2D eigenvalue weighted by atomic mass is 32.2. The normalized spacial score (nSPS) is 16.2. The predicted molar refractivity (Wildman–Crippen MR) is 103 cm³/mol. The molecule has 3 heterocycles. The van der Waals surface area contributed by atoms with E-state index in [9.17, 15) is 13.9 Å². The van der Waals surface area contributed by atoms with Crippen LogP contribution in [-0.4, -0.2) is 30.2 Å². The Balaban J connectivity index is 1.55. The summed E-state index contributed by atoms with van der Waals surface area (Å²) in [7, 11) is 1.65. The Morgan fingerprint density at radius 2 is 1.88 bits per heavy atom. The number of rotatable bonds is 4. The second-order valence-electron chi connectivity index (χ2n) is 6.45. The number of aromatic nitrogens is 1. The Labute approximate surface area is 158 Å². The Kier molecular flexibility index (Phi) is 4.81. The molecule has 0 aliphatic carbocycles. The third-order valence-electron chi connectivity index (χ3n) is 4.66. The molecular formula is C18H19F2N3OS2. The standard InChI is InChI=1S/C18H19F2N3OS2/c1-22(11-5-6-12(19)13(20)9-11)16(24)15-10-14-17(25-15)26-18(21-14)23-7-3-2-4-8-23/h5-6,9-10,16,24H,2-4,7-8H2,1H3. The first-order valence-corrected chi connectivity index (χ1v) is 10.2. The number of piperidine rings is 1. The Morgan fingerprint density at radius 1 is 1.12 bits per heavy atom. The molecule has 1 aromatic carbocycles. The number of nitrogens with zero attached hydrogens (tertiary/aromatic N) is 3. The number of thiazole rings is 1. The first-order valence-electron chi connectivity index (χ1n) is 8.54. The minimum atomic E-state index is -0.940. The summed E-state index contributed by atoms with van der Waals surface area (Å²) in [6, 6.07) is 5.48. The van der Waals surface area contributed by atoms with Crippen molar-refractivity contribution in [3.8, 4) is 0 Å². The van der Waals surface area contributed by atoms with E-state index in [4.69, 9.17) is 4.98 Å². The number of halogens is 2. The molecule has 1 fully saturated rings. The van der Waals surface area contributed by atoms with Crippen LogP contribution in [0.2, 0.25) is 0 Å². The summed E-state index contributed by atoms with van der Waals surface area (Å²) in [5, 5.41) is 11.7. The lowest BCUT2D eigenvalue weighted by Gasteiger charge is -2.26. The lowest BCUT2D eigenvalue weighted by atomic mass is 10.1. The van der Waals surface area contributed by atoms with Crippen molar-refractivity contribution >= 4 is 43.0 Å². The van der Waals surface area contributed by atoms with Gasteiger partial charge in [-0.1, -0.05) is 11.3 Å². The van der Waals surface area contributed by atoms with Crippen molar-refractivity contribution in [1.29, 1.82) is 0 Å². The van der Waals surface area contributed by atoms with Gasteiger partial charge in [-0.25, -0.2) is 13.8 Å². The summed E-state index contributed by atoms with van der Waals surface area (Å²) in [6.45, 7) is 2.10. The quantitative estimate of drug-likeness (QED) is 0.647. The van der Waals surface area contributed by atoms with Crippen LogP contribution in [0.25, 0.3) is 9.53 Å². The van der Waals surface area contributed by atoms with E-state index in [-0.39, 0.29) is 0 Å². The zero-order chi connectivity index (χ0) is 18.3. The number of aliphatic hydroxyl groups is 1. The van der Waals surface area contributed by atoms with Crippen LogP contribution in [0.3, 0.4) is 0 Å². The van der Waals surface area contributed by atoms with Gasteiger partial charge in [0.25, 0.3) is 0 Å². The van der Waals surface area contributed by atoms with Crippen molar-refractivity contribution in [1.82, 2.24) is 4.98 Å². The lowest BCUT2D eigenvalue weighted by molar-refractivity contribution is 0.182. The summed E-state index contributed by atoms with van der Waals surface area (Å²) in [5.41, 5.74) is 1.29. The Hall–Kier alpha value is -1.77. The predicted octanol–water partition coefficient (Wildman–Crippen LogP) is 4.75. The van der Waals surface area contributed by atoms with E-state index in [0.29, 0.717) is 5.69 Å². The fourth-order valence-corrected chi connectivity index (χ4v) is 5.49. The van der Waals surface area contributed by atoms with Crippen LogP contribution in [0.5, 0.6) is 0 Å². The number of fused-ring (bicyclic) bond motifs is 1. The maximum Gasteiger partial charge on any atom is 0.187 e. The maximum atomic E-state index is 13.5. The van der Waals surface area contributed by atoms with Gasteiger partial charge in [-0.05, 0) is 37.5 Å². The van der Waals surface area contributed by atoms with Crippen LogP contribution in [0, 0.1) is 11.6 Å². The summed E-state index contributed by atoms with van der Waals surface area (Å²) in [4.78, 5) is 9.29. The van der Waals surface area contributed by atoms with E-state index in [0.717, 1.165) is 44.8 Å². The molecule has 1 aliphatic heterocycles. The second kappa shape index (κ2) is 7.09. The summed E-state index contributed by atoms with van der Waals surface area (Å²) in [6.07, 6.45) is 2.75. The van der Waals surface area contributed by atoms with Crippen LogP contribution in [-0.2, 0) is 0 Å². The van der Waals surface area contributed by atoms with E-state index in [1.165, 1.54) is 41.6 Å². The Morgan fingerprint density at radius 3 is 2.58 bits per heavy atom. The van der Waals surface area contributed by atoms with Crippen LogP contribution in [0.4, 0.5) is 19.6 Å². The highest BCUT2D eigenvalue weighted by molar-refractivity contribution is 7.39. The molecule has 0 amide bonds. The molecular weight excluding hydrogens is 376 g/mol. The van der Waals surface area contributed by atoms with Gasteiger partial charge in [0.15, 0.2) is 23.0 Å². The fraction of sp³-hybridized carbons (Fsp3) is 0.389. The molecule has 138 valence electrons. The van der Waals surface area contributed by atoms with Crippen molar-refractivity contribution in [2.45, 2.75) is 25.5 Å². The topological polar surface area (TPSA) is 39.6 Å². The smallest absolute Gasteiger partial charge is 0.187 e. The molecule has 1 aliphatic rings. The third kappa shape index (κ3) is 3.28. The van der Waals surface area contributed by atoms with Gasteiger partial charge in [0, 0.05) is 31.9 Å². The minimum Gasteiger partial charge on any atom is -0.369 e. The summed E-state index contributed by atoms with van der Waals surface area (Å²) in [5.74, 6) is -1.83. The van der Waals surface area contributed by atoms with Gasteiger partial charge in [-0.2, -0.15) is 0 Å². The van der Waals surface area contributed by atoms with Gasteiger partial charge >= 0.3 is 0 Å². The molecule has 26 heavy (non-hydrogen) atoms. The van der Waals surface area contributed by atoms with Crippen molar-refractivity contribution in [2.75, 3.05) is 29.9 Å². The van der Waals surface area contributed by atoms with Crippen LogP contribution in [0.15, 0.2) is 24.3 Å². The van der Waals surface area contributed by atoms with Gasteiger partial charge < -0.3 is 14.9 Å². The van der Waals surface area contributed by atoms with Crippen molar-refractivity contribution in [2.24, 2.45) is 0 Å². The molecule has 0 saturated carbocycles. The summed E-state index contributed by atoms with van der Waals surface area (Å²) >= 11 is 3.14. The molecule has 1 atom stereocenters. The molecule has 4 rings (SSSR count). The average Bonchev–Trinajstić information content (AvgIpc) is 3.22. The van der Waals surface area contributed by atoms with Gasteiger partial charge in [-0.15, -0.1) is 11.3 Å². The van der Waals surface area contributed by atoms with Gasteiger partial charge in [0.05, 0.1) is 10.4 Å². The first kappa shape index (κ1) is 17.6. The van der Waals surface area contributed by atoms with E-state index >= 15 is 0 Å². The third-order valence-corrected chi connectivity index (χ3v) is 7.04. The molecule has 0 radical (unpaired) electrons. The molecule has 3 aromatic rings. The molecule has 8 heteroatoms. The van der Waals surface area contributed by atoms with E-state index in [1.807, 2.05) is 6.07 Å². The van der Waals surface area contributed by atoms with E-state index in [1.54, 1.807) is 18.4 Å². The van der Waals surface area contributed by atoms with E-state index < -0.39 is 17.9 Å². The van der Waals surface area contributed by atoms with Gasteiger partial charge in [-0.3, -0.25) is 0 Å². The maximum absolute atomic E-state index is 13.5.